The Bertz CT molecular complexity index is 902. The summed E-state index contributed by atoms with van der Waals surface area (Å²) >= 11 is 0. The molecule has 0 saturated carbocycles. The van der Waals surface area contributed by atoms with Gasteiger partial charge in [0.25, 0.3) is 0 Å². The summed E-state index contributed by atoms with van der Waals surface area (Å²) in [6, 6.07) is 25.6. The highest BCUT2D eigenvalue weighted by Gasteiger charge is 2.32. The van der Waals surface area contributed by atoms with Crippen molar-refractivity contribution in [2.24, 2.45) is 0 Å². The molecule has 1 heterocycles. The summed E-state index contributed by atoms with van der Waals surface area (Å²) < 4.78 is 0. The van der Waals surface area contributed by atoms with E-state index in [9.17, 15) is 0 Å². The fourth-order valence-electron chi connectivity index (χ4n) is 4.36. The minimum atomic E-state index is -1.45. The number of nitrogens with zero attached hydrogens (tertiary/aromatic N) is 1. The molecule has 2 aromatic carbocycles. The first kappa shape index (κ1) is 20.5. The van der Waals surface area contributed by atoms with Crippen molar-refractivity contribution in [3.8, 4) is 22.4 Å². The van der Waals surface area contributed by atoms with Gasteiger partial charge in [0, 0.05) is 11.8 Å². The van der Waals surface area contributed by atoms with Gasteiger partial charge in [0.1, 0.15) is 0 Å². The summed E-state index contributed by atoms with van der Waals surface area (Å²) in [5.74, 6) is 0.519. The number of pyridine rings is 1. The predicted octanol–water partition coefficient (Wildman–Crippen LogP) is 7.25. The number of aromatic nitrogens is 1. The average Bonchev–Trinajstić information content (AvgIpc) is 2.76. The SMILES string of the molecule is CC[Si](CC)(CC)c1cnc(-c2cccc(-c3ccccc3)c2)cc1C(C)C. The van der Waals surface area contributed by atoms with Crippen LogP contribution in [0.15, 0.2) is 66.9 Å². The monoisotopic (exact) mass is 387 g/mol. The van der Waals surface area contributed by atoms with E-state index in [4.69, 9.17) is 4.98 Å². The van der Waals surface area contributed by atoms with Gasteiger partial charge in [0.15, 0.2) is 0 Å². The van der Waals surface area contributed by atoms with E-state index in [0.29, 0.717) is 5.92 Å². The number of benzene rings is 2. The fraction of sp³-hybridized carbons (Fsp3) is 0.346. The van der Waals surface area contributed by atoms with Crippen molar-refractivity contribution in [3.05, 3.63) is 72.4 Å². The van der Waals surface area contributed by atoms with Crippen LogP contribution >= 0.6 is 0 Å². The Morgan fingerprint density at radius 3 is 1.96 bits per heavy atom. The lowest BCUT2D eigenvalue weighted by Crippen LogP contribution is -2.48. The van der Waals surface area contributed by atoms with Gasteiger partial charge in [-0.2, -0.15) is 0 Å². The maximum Gasteiger partial charge on any atom is 0.0883 e. The zero-order chi connectivity index (χ0) is 20.1. The van der Waals surface area contributed by atoms with Crippen LogP contribution < -0.4 is 5.19 Å². The van der Waals surface area contributed by atoms with Gasteiger partial charge in [0.05, 0.1) is 13.8 Å². The molecule has 0 radical (unpaired) electrons. The second-order valence-corrected chi connectivity index (χ2v) is 13.3. The Morgan fingerprint density at radius 1 is 0.750 bits per heavy atom. The molecule has 0 N–H and O–H groups in total. The molecule has 0 fully saturated rings. The number of hydrogen-bond acceptors (Lipinski definition) is 1. The minimum Gasteiger partial charge on any atom is -0.256 e. The van der Waals surface area contributed by atoms with Gasteiger partial charge in [-0.1, -0.05) is 101 Å². The average molecular weight is 388 g/mol. The van der Waals surface area contributed by atoms with Crippen LogP contribution in [0.2, 0.25) is 18.1 Å². The summed E-state index contributed by atoms with van der Waals surface area (Å²) in [5.41, 5.74) is 6.30. The van der Waals surface area contributed by atoms with Crippen molar-refractivity contribution in [1.29, 1.82) is 0 Å². The minimum absolute atomic E-state index is 0.519. The summed E-state index contributed by atoms with van der Waals surface area (Å²) in [6.07, 6.45) is 2.22. The molecule has 3 rings (SSSR count). The van der Waals surface area contributed by atoms with E-state index >= 15 is 0 Å². The Labute approximate surface area is 171 Å². The smallest absolute Gasteiger partial charge is 0.0883 e. The first-order valence-electron chi connectivity index (χ1n) is 10.7. The van der Waals surface area contributed by atoms with Crippen LogP contribution in [0.1, 0.15) is 46.1 Å². The first-order valence-corrected chi connectivity index (χ1v) is 13.3. The molecule has 0 saturated heterocycles. The zero-order valence-corrected chi connectivity index (χ0v) is 19.0. The molecule has 0 bridgehead atoms. The third-order valence-electron chi connectivity index (χ3n) is 6.43. The van der Waals surface area contributed by atoms with E-state index < -0.39 is 8.07 Å². The van der Waals surface area contributed by atoms with Crippen LogP contribution in [-0.4, -0.2) is 13.1 Å². The summed E-state index contributed by atoms with van der Waals surface area (Å²) in [7, 11) is -1.45. The molecule has 146 valence electrons. The second-order valence-electron chi connectivity index (χ2n) is 8.10. The van der Waals surface area contributed by atoms with E-state index in [1.54, 1.807) is 5.19 Å². The maximum absolute atomic E-state index is 4.97. The fourth-order valence-corrected chi connectivity index (χ4v) is 8.31. The second kappa shape index (κ2) is 8.87. The van der Waals surface area contributed by atoms with Crippen LogP contribution in [0, 0.1) is 0 Å². The van der Waals surface area contributed by atoms with Crippen molar-refractivity contribution in [3.63, 3.8) is 0 Å². The predicted molar refractivity (Wildman–Crippen MR) is 126 cm³/mol. The van der Waals surface area contributed by atoms with E-state index in [-0.39, 0.29) is 0 Å². The van der Waals surface area contributed by atoms with Gasteiger partial charge in [-0.15, -0.1) is 0 Å². The summed E-state index contributed by atoms with van der Waals surface area (Å²) in [6.45, 7) is 11.8. The van der Waals surface area contributed by atoms with Crippen molar-refractivity contribution in [1.82, 2.24) is 4.98 Å². The van der Waals surface area contributed by atoms with Crippen molar-refractivity contribution in [2.75, 3.05) is 0 Å². The Kier molecular flexibility index (Phi) is 6.51. The van der Waals surface area contributed by atoms with Crippen molar-refractivity contribution in [2.45, 2.75) is 58.7 Å². The van der Waals surface area contributed by atoms with Crippen LogP contribution in [0.5, 0.6) is 0 Å². The Hall–Kier alpha value is -2.19. The molecule has 0 spiro atoms. The van der Waals surface area contributed by atoms with Gasteiger partial charge < -0.3 is 0 Å². The Morgan fingerprint density at radius 2 is 1.36 bits per heavy atom. The van der Waals surface area contributed by atoms with Gasteiger partial charge in [-0.3, -0.25) is 4.98 Å². The molecule has 0 unspecified atom stereocenters. The normalized spacial score (nSPS) is 11.8. The van der Waals surface area contributed by atoms with Gasteiger partial charge in [-0.05, 0) is 39.9 Å². The zero-order valence-electron chi connectivity index (χ0n) is 18.0. The summed E-state index contributed by atoms with van der Waals surface area (Å²) in [5, 5.41) is 1.58. The van der Waals surface area contributed by atoms with Crippen LogP contribution in [0.25, 0.3) is 22.4 Å². The van der Waals surface area contributed by atoms with E-state index in [0.717, 1.165) is 5.69 Å². The van der Waals surface area contributed by atoms with Gasteiger partial charge >= 0.3 is 0 Å². The number of rotatable bonds is 7. The van der Waals surface area contributed by atoms with Crippen molar-refractivity contribution >= 4 is 13.3 Å². The third kappa shape index (κ3) is 3.98. The topological polar surface area (TPSA) is 12.9 Å². The molecule has 28 heavy (non-hydrogen) atoms. The highest BCUT2D eigenvalue weighted by molar-refractivity contribution is 6.92. The first-order chi connectivity index (χ1) is 13.5. The van der Waals surface area contributed by atoms with Gasteiger partial charge in [-0.25, -0.2) is 0 Å². The molecular weight excluding hydrogens is 354 g/mol. The lowest BCUT2D eigenvalue weighted by Gasteiger charge is -2.32. The molecule has 1 aromatic heterocycles. The molecule has 2 heteroatoms. The molecule has 3 aromatic rings. The highest BCUT2D eigenvalue weighted by atomic mass is 28.3. The Balaban J connectivity index is 2.08. The molecular formula is C26H33NSi. The maximum atomic E-state index is 4.97. The quantitative estimate of drug-likeness (QED) is 0.389. The van der Waals surface area contributed by atoms with Crippen LogP contribution in [0.4, 0.5) is 0 Å². The number of hydrogen-bond donors (Lipinski definition) is 0. The molecule has 0 atom stereocenters. The van der Waals surface area contributed by atoms with E-state index in [1.807, 2.05) is 0 Å². The molecule has 1 nitrogen and oxygen atoms in total. The van der Waals surface area contributed by atoms with E-state index in [1.165, 1.54) is 40.4 Å². The van der Waals surface area contributed by atoms with Crippen LogP contribution in [0.3, 0.4) is 0 Å². The molecule has 0 aliphatic heterocycles. The van der Waals surface area contributed by atoms with Crippen LogP contribution in [-0.2, 0) is 0 Å². The third-order valence-corrected chi connectivity index (χ3v) is 12.0. The highest BCUT2D eigenvalue weighted by Crippen LogP contribution is 2.29. The van der Waals surface area contributed by atoms with E-state index in [2.05, 4.69) is 101 Å². The largest absolute Gasteiger partial charge is 0.256 e. The summed E-state index contributed by atoms with van der Waals surface area (Å²) in [4.78, 5) is 4.97. The van der Waals surface area contributed by atoms with Gasteiger partial charge in [0.2, 0.25) is 0 Å². The lowest BCUT2D eigenvalue weighted by molar-refractivity contribution is 0.868. The molecule has 0 amide bonds. The molecule has 0 aliphatic carbocycles. The molecule has 0 aliphatic rings. The standard InChI is InChI=1S/C26H33NSi/c1-6-28(7-2,8-3)26-19-27-25(18-24(26)20(4)5)23-16-12-15-22(17-23)21-13-10-9-11-14-21/h9-20H,6-8H2,1-5H3. The van der Waals surface area contributed by atoms with Crippen molar-refractivity contribution < 1.29 is 0 Å². The lowest BCUT2D eigenvalue weighted by atomic mass is 9.98.